The summed E-state index contributed by atoms with van der Waals surface area (Å²) in [5.74, 6) is 1.81. The van der Waals surface area contributed by atoms with Crippen molar-refractivity contribution < 1.29 is 17.6 Å². The second kappa shape index (κ2) is 6.55. The van der Waals surface area contributed by atoms with E-state index < -0.39 is 29.3 Å². The molecule has 0 aliphatic carbocycles. The zero-order chi connectivity index (χ0) is 15.6. The second-order valence-electron chi connectivity index (χ2n) is 4.39. The summed E-state index contributed by atoms with van der Waals surface area (Å²) in [7, 11) is 0. The van der Waals surface area contributed by atoms with Crippen LogP contribution in [0.25, 0.3) is 0 Å². The van der Waals surface area contributed by atoms with E-state index in [0.29, 0.717) is 0 Å². The summed E-state index contributed by atoms with van der Waals surface area (Å²) < 4.78 is 53.8. The maximum absolute atomic E-state index is 13.7. The third kappa shape index (κ3) is 3.25. The van der Waals surface area contributed by atoms with Gasteiger partial charge < -0.3 is 0 Å². The molecule has 0 bridgehead atoms. The lowest BCUT2D eigenvalue weighted by atomic mass is 9.98. The van der Waals surface area contributed by atoms with Crippen LogP contribution in [0, 0.1) is 23.3 Å². The summed E-state index contributed by atoms with van der Waals surface area (Å²) in [6.45, 7) is 0. The minimum Gasteiger partial charge on any atom is -0.271 e. The fourth-order valence-electron chi connectivity index (χ4n) is 2.00. The first kappa shape index (κ1) is 15.9. The van der Waals surface area contributed by atoms with E-state index in [2.05, 4.69) is 21.4 Å². The van der Waals surface area contributed by atoms with E-state index in [-0.39, 0.29) is 22.0 Å². The average molecular weight is 363 g/mol. The molecule has 0 saturated carbocycles. The lowest BCUT2D eigenvalue weighted by molar-refractivity contribution is 0.480. The van der Waals surface area contributed by atoms with E-state index in [1.807, 2.05) is 0 Å². The van der Waals surface area contributed by atoms with Crippen molar-refractivity contribution in [3.63, 3.8) is 0 Å². The Kier molecular flexibility index (Phi) is 4.97. The van der Waals surface area contributed by atoms with Gasteiger partial charge in [0.25, 0.3) is 0 Å². The van der Waals surface area contributed by atoms with E-state index in [0.717, 1.165) is 18.2 Å². The molecule has 112 valence electrons. The minimum atomic E-state index is -1.08. The van der Waals surface area contributed by atoms with Gasteiger partial charge in [0.1, 0.15) is 11.6 Å². The van der Waals surface area contributed by atoms with Crippen molar-refractivity contribution >= 4 is 15.9 Å². The first-order valence-corrected chi connectivity index (χ1v) is 6.77. The minimum absolute atomic E-state index is 0.137. The molecule has 0 aliphatic heterocycles. The van der Waals surface area contributed by atoms with E-state index >= 15 is 0 Å². The van der Waals surface area contributed by atoms with Gasteiger partial charge in [0, 0.05) is 5.56 Å². The lowest BCUT2D eigenvalue weighted by Crippen LogP contribution is -2.30. The van der Waals surface area contributed by atoms with Gasteiger partial charge >= 0.3 is 0 Å². The third-order valence-corrected chi connectivity index (χ3v) is 3.92. The topological polar surface area (TPSA) is 38.0 Å². The Bertz CT molecular complexity index is 643. The molecule has 7 heteroatoms. The molecule has 0 spiro atoms. The number of hydrogen-bond donors (Lipinski definition) is 2. The molecule has 0 radical (unpaired) electrons. The van der Waals surface area contributed by atoms with E-state index in [9.17, 15) is 17.6 Å². The van der Waals surface area contributed by atoms with Crippen LogP contribution in [0.3, 0.4) is 0 Å². The standard InChI is InChI=1S/C14H11BrF4N2/c15-13-7(4-5-11(18)14(13)19)12(21-20)6-8-9(16)2-1-3-10(8)17/h1-5,12,21H,6,20H2. The summed E-state index contributed by atoms with van der Waals surface area (Å²) in [5.41, 5.74) is 2.44. The Morgan fingerprint density at radius 2 is 1.62 bits per heavy atom. The third-order valence-electron chi connectivity index (χ3n) is 3.11. The van der Waals surface area contributed by atoms with Crippen LogP contribution in [0.1, 0.15) is 17.2 Å². The van der Waals surface area contributed by atoms with Gasteiger partial charge in [0.2, 0.25) is 0 Å². The maximum Gasteiger partial charge on any atom is 0.173 e. The fourth-order valence-corrected chi connectivity index (χ4v) is 2.60. The molecule has 2 aromatic rings. The molecule has 21 heavy (non-hydrogen) atoms. The van der Waals surface area contributed by atoms with Gasteiger partial charge in [-0.25, -0.2) is 17.6 Å². The molecule has 2 aromatic carbocycles. The Labute approximate surface area is 127 Å². The number of nitrogens with two attached hydrogens (primary N) is 1. The predicted molar refractivity (Wildman–Crippen MR) is 74.2 cm³/mol. The van der Waals surface area contributed by atoms with Gasteiger partial charge in [-0.15, -0.1) is 0 Å². The van der Waals surface area contributed by atoms with Crippen LogP contribution in [-0.2, 0) is 6.42 Å². The van der Waals surface area contributed by atoms with E-state index in [1.54, 1.807) is 0 Å². The van der Waals surface area contributed by atoms with Crippen LogP contribution in [0.15, 0.2) is 34.8 Å². The number of hydrazine groups is 1. The first-order chi connectivity index (χ1) is 9.95. The van der Waals surface area contributed by atoms with Crippen LogP contribution >= 0.6 is 15.9 Å². The highest BCUT2D eigenvalue weighted by atomic mass is 79.9. The normalized spacial score (nSPS) is 12.5. The number of hydrogen-bond acceptors (Lipinski definition) is 2. The van der Waals surface area contributed by atoms with Gasteiger partial charge in [-0.3, -0.25) is 11.3 Å². The highest BCUT2D eigenvalue weighted by molar-refractivity contribution is 9.10. The van der Waals surface area contributed by atoms with Gasteiger partial charge in [0.05, 0.1) is 10.5 Å². The Morgan fingerprint density at radius 3 is 2.19 bits per heavy atom. The lowest BCUT2D eigenvalue weighted by Gasteiger charge is -2.19. The summed E-state index contributed by atoms with van der Waals surface area (Å²) in [6.07, 6.45) is -0.154. The molecule has 2 rings (SSSR count). The highest BCUT2D eigenvalue weighted by Gasteiger charge is 2.21. The number of nitrogens with one attached hydrogen (secondary N) is 1. The van der Waals surface area contributed by atoms with Crippen molar-refractivity contribution in [1.29, 1.82) is 0 Å². The number of rotatable bonds is 4. The summed E-state index contributed by atoms with van der Waals surface area (Å²) in [4.78, 5) is 0. The molecule has 0 saturated heterocycles. The van der Waals surface area contributed by atoms with Crippen LogP contribution < -0.4 is 11.3 Å². The van der Waals surface area contributed by atoms with E-state index in [1.165, 1.54) is 12.1 Å². The van der Waals surface area contributed by atoms with E-state index in [4.69, 9.17) is 5.84 Å². The molecule has 0 fully saturated rings. The van der Waals surface area contributed by atoms with Crippen molar-refractivity contribution in [1.82, 2.24) is 5.43 Å². The van der Waals surface area contributed by atoms with Gasteiger partial charge in [-0.1, -0.05) is 12.1 Å². The molecule has 0 aromatic heterocycles. The van der Waals surface area contributed by atoms with Crippen molar-refractivity contribution in [2.45, 2.75) is 12.5 Å². The largest absolute Gasteiger partial charge is 0.271 e. The molecule has 0 aliphatic rings. The molecule has 1 unspecified atom stereocenters. The van der Waals surface area contributed by atoms with Gasteiger partial charge in [0.15, 0.2) is 11.6 Å². The Balaban J connectivity index is 2.40. The smallest absolute Gasteiger partial charge is 0.173 e. The Hall–Kier alpha value is -1.44. The molecule has 2 nitrogen and oxygen atoms in total. The molecular formula is C14H11BrF4N2. The van der Waals surface area contributed by atoms with Crippen molar-refractivity contribution in [2.24, 2.45) is 5.84 Å². The first-order valence-electron chi connectivity index (χ1n) is 5.98. The quantitative estimate of drug-likeness (QED) is 0.376. The number of halogens is 5. The van der Waals surface area contributed by atoms with Crippen LogP contribution in [0.4, 0.5) is 17.6 Å². The summed E-state index contributed by atoms with van der Waals surface area (Å²) in [5, 5.41) is 0. The summed E-state index contributed by atoms with van der Waals surface area (Å²) in [6, 6.07) is 4.91. The molecular weight excluding hydrogens is 352 g/mol. The maximum atomic E-state index is 13.7. The zero-order valence-corrected chi connectivity index (χ0v) is 12.2. The SMILES string of the molecule is NNC(Cc1c(F)cccc1F)c1ccc(F)c(F)c1Br. The molecule has 0 amide bonds. The monoisotopic (exact) mass is 362 g/mol. The molecule has 3 N–H and O–H groups in total. The van der Waals surface area contributed by atoms with Crippen molar-refractivity contribution in [2.75, 3.05) is 0 Å². The molecule has 0 heterocycles. The average Bonchev–Trinajstić information content (AvgIpc) is 2.46. The Morgan fingerprint density at radius 1 is 1.00 bits per heavy atom. The van der Waals surface area contributed by atoms with Crippen LogP contribution in [0.2, 0.25) is 0 Å². The highest BCUT2D eigenvalue weighted by Crippen LogP contribution is 2.30. The zero-order valence-electron chi connectivity index (χ0n) is 10.6. The predicted octanol–water partition coefficient (Wildman–Crippen LogP) is 3.75. The second-order valence-corrected chi connectivity index (χ2v) is 5.18. The summed E-state index contributed by atoms with van der Waals surface area (Å²) >= 11 is 2.92. The fraction of sp³-hybridized carbons (Fsp3) is 0.143. The van der Waals surface area contributed by atoms with Gasteiger partial charge in [-0.05, 0) is 46.1 Å². The van der Waals surface area contributed by atoms with Gasteiger partial charge in [-0.2, -0.15) is 0 Å². The molecule has 1 atom stereocenters. The van der Waals surface area contributed by atoms with Crippen LogP contribution in [0.5, 0.6) is 0 Å². The number of benzene rings is 2. The van der Waals surface area contributed by atoms with Crippen molar-refractivity contribution in [3.8, 4) is 0 Å². The van der Waals surface area contributed by atoms with Crippen LogP contribution in [-0.4, -0.2) is 0 Å². The van der Waals surface area contributed by atoms with Crippen molar-refractivity contribution in [3.05, 3.63) is 69.2 Å².